The Morgan fingerprint density at radius 1 is 1.11 bits per heavy atom. The molecule has 1 aromatic heterocycles. The zero-order chi connectivity index (χ0) is 19.4. The fourth-order valence-corrected chi connectivity index (χ4v) is 4.00. The molecule has 1 atom stereocenters. The van der Waals surface area contributed by atoms with Crippen LogP contribution in [0.1, 0.15) is 11.8 Å². The number of para-hydroxylation sites is 1. The van der Waals surface area contributed by atoms with Crippen molar-refractivity contribution >= 4 is 56.7 Å². The van der Waals surface area contributed by atoms with Gasteiger partial charge in [0.25, 0.3) is 5.91 Å². The monoisotopic (exact) mass is 399 g/mol. The number of carbonyl (C=O) groups excluding carboxylic acids is 2. The average molecular weight is 400 g/mol. The summed E-state index contributed by atoms with van der Waals surface area (Å²) < 4.78 is 6.28. The Kier molecular flexibility index (Phi) is 5.94. The Morgan fingerprint density at radius 3 is 2.48 bits per heavy atom. The van der Waals surface area contributed by atoms with Crippen LogP contribution in [0.5, 0.6) is 0 Å². The van der Waals surface area contributed by atoms with E-state index in [-0.39, 0.29) is 5.91 Å². The summed E-state index contributed by atoms with van der Waals surface area (Å²) in [5.74, 6) is -0.895. The summed E-state index contributed by atoms with van der Waals surface area (Å²) in [6, 6.07) is 16.9. The number of anilines is 1. The number of halogens is 1. The molecule has 0 saturated carbocycles. The Labute approximate surface area is 166 Å². The molecule has 0 aliphatic rings. The molecular formula is C21H18ClNO3S. The second kappa shape index (κ2) is 8.37. The van der Waals surface area contributed by atoms with Gasteiger partial charge < -0.3 is 9.64 Å². The highest BCUT2D eigenvalue weighted by Gasteiger charge is 2.21. The molecule has 2 aromatic carbocycles. The molecule has 0 bridgehead atoms. The predicted octanol–water partition coefficient (Wildman–Crippen LogP) is 5.16. The van der Waals surface area contributed by atoms with E-state index in [9.17, 15) is 9.59 Å². The average Bonchev–Trinajstić information content (AvgIpc) is 3.02. The highest BCUT2D eigenvalue weighted by molar-refractivity contribution is 7.20. The molecule has 138 valence electrons. The van der Waals surface area contributed by atoms with Crippen molar-refractivity contribution in [3.8, 4) is 0 Å². The Bertz CT molecular complexity index is 997. The molecule has 0 N–H and O–H groups in total. The van der Waals surface area contributed by atoms with Crippen LogP contribution < -0.4 is 4.90 Å². The molecule has 0 unspecified atom stereocenters. The van der Waals surface area contributed by atoms with Gasteiger partial charge in [-0.15, -0.1) is 11.3 Å². The minimum absolute atomic E-state index is 0.303. The standard InChI is InChI=1S/C21H18ClNO3S/c1-14(21(25)23(2)15-8-4-3-5-9-15)26-19(24)13-12-18-20(22)16-10-6-7-11-17(16)27-18/h3-14H,1-2H3/b13-12+/t14-/m1/s1. The Balaban J connectivity index is 1.65. The normalized spacial score (nSPS) is 12.3. The fourth-order valence-electron chi connectivity index (χ4n) is 2.60. The number of rotatable bonds is 5. The lowest BCUT2D eigenvalue weighted by Gasteiger charge is -2.21. The van der Waals surface area contributed by atoms with Crippen LogP contribution in [-0.2, 0) is 14.3 Å². The van der Waals surface area contributed by atoms with Gasteiger partial charge in [-0.05, 0) is 31.2 Å². The van der Waals surface area contributed by atoms with E-state index in [1.807, 2.05) is 54.6 Å². The Morgan fingerprint density at radius 2 is 1.78 bits per heavy atom. The molecule has 0 fully saturated rings. The first kappa shape index (κ1) is 19.1. The van der Waals surface area contributed by atoms with Crippen LogP contribution in [0.3, 0.4) is 0 Å². The van der Waals surface area contributed by atoms with Gasteiger partial charge in [0.05, 0.1) is 5.02 Å². The lowest BCUT2D eigenvalue weighted by Crippen LogP contribution is -2.37. The predicted molar refractivity (Wildman–Crippen MR) is 111 cm³/mol. The second-order valence-corrected chi connectivity index (χ2v) is 7.38. The number of fused-ring (bicyclic) bond motifs is 1. The van der Waals surface area contributed by atoms with E-state index in [1.165, 1.54) is 22.3 Å². The zero-order valence-electron chi connectivity index (χ0n) is 14.9. The summed E-state index contributed by atoms with van der Waals surface area (Å²) in [5, 5.41) is 1.55. The maximum Gasteiger partial charge on any atom is 0.331 e. The third-order valence-corrected chi connectivity index (χ3v) is 5.70. The summed E-state index contributed by atoms with van der Waals surface area (Å²) in [5.41, 5.74) is 0.734. The van der Waals surface area contributed by atoms with Gasteiger partial charge in [-0.1, -0.05) is 48.0 Å². The van der Waals surface area contributed by atoms with Crippen LogP contribution in [0.4, 0.5) is 5.69 Å². The number of thiophene rings is 1. The minimum atomic E-state index is -0.898. The SMILES string of the molecule is C[C@@H](OC(=O)/C=C/c1sc2ccccc2c1Cl)C(=O)N(C)c1ccccc1. The van der Waals surface area contributed by atoms with Crippen molar-refractivity contribution in [3.05, 3.63) is 70.6 Å². The first-order chi connectivity index (χ1) is 13.0. The second-order valence-electron chi connectivity index (χ2n) is 5.92. The molecule has 0 radical (unpaired) electrons. The van der Waals surface area contributed by atoms with Gasteiger partial charge >= 0.3 is 5.97 Å². The smallest absolute Gasteiger partial charge is 0.331 e. The number of likely N-dealkylation sites (N-methyl/N-ethyl adjacent to an activating group) is 1. The number of hydrogen-bond donors (Lipinski definition) is 0. The van der Waals surface area contributed by atoms with Gasteiger partial charge in [0.1, 0.15) is 0 Å². The van der Waals surface area contributed by atoms with E-state index in [0.717, 1.165) is 20.7 Å². The van der Waals surface area contributed by atoms with Gasteiger partial charge in [0.2, 0.25) is 0 Å². The lowest BCUT2D eigenvalue weighted by atomic mass is 10.2. The van der Waals surface area contributed by atoms with Crippen molar-refractivity contribution in [1.82, 2.24) is 0 Å². The summed E-state index contributed by atoms with van der Waals surface area (Å²) in [7, 11) is 1.65. The number of amides is 1. The molecule has 4 nitrogen and oxygen atoms in total. The summed E-state index contributed by atoms with van der Waals surface area (Å²) in [4.78, 5) is 26.8. The van der Waals surface area contributed by atoms with E-state index in [0.29, 0.717) is 5.02 Å². The third kappa shape index (κ3) is 4.38. The zero-order valence-corrected chi connectivity index (χ0v) is 16.5. The number of hydrogen-bond acceptors (Lipinski definition) is 4. The molecule has 27 heavy (non-hydrogen) atoms. The number of ether oxygens (including phenoxy) is 1. The molecule has 6 heteroatoms. The topological polar surface area (TPSA) is 46.6 Å². The van der Waals surface area contributed by atoms with E-state index in [1.54, 1.807) is 20.0 Å². The van der Waals surface area contributed by atoms with Crippen molar-refractivity contribution in [3.63, 3.8) is 0 Å². The van der Waals surface area contributed by atoms with Crippen molar-refractivity contribution in [2.24, 2.45) is 0 Å². The third-order valence-electron chi connectivity index (χ3n) is 4.05. The van der Waals surface area contributed by atoms with Crippen LogP contribution in [-0.4, -0.2) is 25.0 Å². The van der Waals surface area contributed by atoms with Crippen molar-refractivity contribution in [2.45, 2.75) is 13.0 Å². The van der Waals surface area contributed by atoms with Crippen molar-refractivity contribution in [2.75, 3.05) is 11.9 Å². The maximum atomic E-state index is 12.4. The van der Waals surface area contributed by atoms with Crippen LogP contribution in [0.2, 0.25) is 5.02 Å². The largest absolute Gasteiger partial charge is 0.449 e. The molecule has 3 rings (SSSR count). The quantitative estimate of drug-likeness (QED) is 0.439. The molecular weight excluding hydrogens is 382 g/mol. The van der Waals surface area contributed by atoms with Gasteiger partial charge in [-0.25, -0.2) is 4.79 Å². The number of benzene rings is 2. The molecule has 3 aromatic rings. The molecule has 0 spiro atoms. The summed E-state index contributed by atoms with van der Waals surface area (Å²) in [6.45, 7) is 1.56. The van der Waals surface area contributed by atoms with Gasteiger partial charge in [-0.3, -0.25) is 4.79 Å². The van der Waals surface area contributed by atoms with E-state index < -0.39 is 12.1 Å². The van der Waals surface area contributed by atoms with Crippen LogP contribution in [0.15, 0.2) is 60.7 Å². The highest BCUT2D eigenvalue weighted by Crippen LogP contribution is 2.35. The first-order valence-electron chi connectivity index (χ1n) is 8.35. The summed E-state index contributed by atoms with van der Waals surface area (Å²) >= 11 is 7.84. The minimum Gasteiger partial charge on any atom is -0.449 e. The fraction of sp³-hybridized carbons (Fsp3) is 0.143. The highest BCUT2D eigenvalue weighted by atomic mass is 35.5. The van der Waals surface area contributed by atoms with Crippen LogP contribution in [0.25, 0.3) is 16.2 Å². The molecule has 1 heterocycles. The summed E-state index contributed by atoms with van der Waals surface area (Å²) in [6.07, 6.45) is 2.02. The molecule has 0 aliphatic carbocycles. The number of nitrogens with zero attached hydrogens (tertiary/aromatic N) is 1. The number of carbonyl (C=O) groups is 2. The Hall–Kier alpha value is -2.63. The van der Waals surface area contributed by atoms with Gasteiger partial charge in [0.15, 0.2) is 6.10 Å². The van der Waals surface area contributed by atoms with Crippen LogP contribution >= 0.6 is 22.9 Å². The van der Waals surface area contributed by atoms with E-state index in [4.69, 9.17) is 16.3 Å². The molecule has 1 amide bonds. The van der Waals surface area contributed by atoms with E-state index in [2.05, 4.69) is 0 Å². The molecule has 0 saturated heterocycles. The van der Waals surface area contributed by atoms with E-state index >= 15 is 0 Å². The number of esters is 1. The molecule has 0 aliphatic heterocycles. The van der Waals surface area contributed by atoms with Crippen molar-refractivity contribution in [1.29, 1.82) is 0 Å². The van der Waals surface area contributed by atoms with Gasteiger partial charge in [-0.2, -0.15) is 0 Å². The van der Waals surface area contributed by atoms with Gasteiger partial charge in [0, 0.05) is 33.8 Å². The van der Waals surface area contributed by atoms with Crippen molar-refractivity contribution < 1.29 is 14.3 Å². The lowest BCUT2D eigenvalue weighted by molar-refractivity contribution is -0.148. The first-order valence-corrected chi connectivity index (χ1v) is 9.55. The van der Waals surface area contributed by atoms with Crippen LogP contribution in [0, 0.1) is 0 Å². The maximum absolute atomic E-state index is 12.4.